The van der Waals surface area contributed by atoms with Crippen LogP contribution in [-0.2, 0) is 10.0 Å². The van der Waals surface area contributed by atoms with Gasteiger partial charge in [-0.25, -0.2) is 23.1 Å². The highest BCUT2D eigenvalue weighted by Gasteiger charge is 2.13. The van der Waals surface area contributed by atoms with Crippen LogP contribution in [0.25, 0.3) is 0 Å². The maximum atomic E-state index is 11.4. The molecule has 1 aromatic rings. The molecule has 0 aliphatic carbocycles. The molecule has 8 nitrogen and oxygen atoms in total. The molecule has 0 saturated heterocycles. The Bertz CT molecular complexity index is 566. The van der Waals surface area contributed by atoms with Crippen molar-refractivity contribution in [3.8, 4) is 0 Å². The van der Waals surface area contributed by atoms with Gasteiger partial charge in [0.05, 0.1) is 11.3 Å². The number of carbonyl (C=O) groups excluding carboxylic acids is 1. The topological polar surface area (TPSA) is 139 Å². The summed E-state index contributed by atoms with van der Waals surface area (Å²) in [7, 11) is -3.54. The van der Waals surface area contributed by atoms with Gasteiger partial charge in [-0.05, 0) is 17.9 Å². The summed E-state index contributed by atoms with van der Waals surface area (Å²) in [6.07, 6.45) is 0.183. The molecule has 0 fully saturated rings. The molecule has 0 unspecified atom stereocenters. The van der Waals surface area contributed by atoms with E-state index in [-0.39, 0.29) is 29.3 Å². The molecule has 0 aromatic carbocycles. The third-order valence-corrected chi connectivity index (χ3v) is 3.70. The minimum atomic E-state index is -3.54. The molecule has 0 spiro atoms. The van der Waals surface area contributed by atoms with Crippen molar-refractivity contribution in [3.05, 3.63) is 17.0 Å². The number of urea groups is 1. The number of hydrogen-bond acceptors (Lipinski definition) is 5. The number of aromatic carboxylic acids is 1. The maximum Gasteiger partial charge on any atom is 0.338 e. The van der Waals surface area contributed by atoms with E-state index in [2.05, 4.69) is 10.6 Å². The quantitative estimate of drug-likeness (QED) is 0.558. The third kappa shape index (κ3) is 5.68. The minimum Gasteiger partial charge on any atom is -0.478 e. The summed E-state index contributed by atoms with van der Waals surface area (Å²) >= 11 is 1.08. The molecule has 5 N–H and O–H groups in total. The van der Waals surface area contributed by atoms with Gasteiger partial charge in [-0.3, -0.25) is 5.32 Å². The van der Waals surface area contributed by atoms with E-state index in [1.165, 1.54) is 6.07 Å². The van der Waals surface area contributed by atoms with Crippen molar-refractivity contribution in [2.45, 2.75) is 6.42 Å². The fourth-order valence-corrected chi connectivity index (χ4v) is 2.52. The predicted molar refractivity (Wildman–Crippen MR) is 70.9 cm³/mol. The Morgan fingerprint density at radius 2 is 2.11 bits per heavy atom. The van der Waals surface area contributed by atoms with E-state index >= 15 is 0 Å². The molecular weight excluding hydrogens is 294 g/mol. The van der Waals surface area contributed by atoms with Crippen molar-refractivity contribution in [3.63, 3.8) is 0 Å². The van der Waals surface area contributed by atoms with Crippen molar-refractivity contribution in [1.82, 2.24) is 5.32 Å². The number of nitrogens with two attached hydrogens (primary N) is 1. The molecule has 19 heavy (non-hydrogen) atoms. The summed E-state index contributed by atoms with van der Waals surface area (Å²) in [6.45, 7) is 0.121. The lowest BCUT2D eigenvalue weighted by Gasteiger charge is -2.06. The molecule has 0 atom stereocenters. The van der Waals surface area contributed by atoms with E-state index in [1.807, 2.05) is 0 Å². The number of thiophene rings is 1. The molecular formula is C9H13N3O5S2. The molecule has 0 radical (unpaired) electrons. The van der Waals surface area contributed by atoms with Gasteiger partial charge >= 0.3 is 12.0 Å². The molecule has 0 bridgehead atoms. The van der Waals surface area contributed by atoms with Gasteiger partial charge in [-0.2, -0.15) is 0 Å². The van der Waals surface area contributed by atoms with Crippen molar-refractivity contribution >= 4 is 38.4 Å². The summed E-state index contributed by atoms with van der Waals surface area (Å²) in [6, 6.07) is 0.781. The molecule has 1 rings (SSSR count). The Labute approximate surface area is 113 Å². The number of sulfonamides is 1. The van der Waals surface area contributed by atoms with Crippen LogP contribution in [0.1, 0.15) is 16.8 Å². The van der Waals surface area contributed by atoms with E-state index in [9.17, 15) is 18.0 Å². The first-order valence-corrected chi connectivity index (χ1v) is 7.75. The number of anilines is 1. The number of rotatable bonds is 6. The normalized spacial score (nSPS) is 11.0. The average Bonchev–Trinajstić information content (AvgIpc) is 2.71. The number of carbonyl (C=O) groups is 2. The van der Waals surface area contributed by atoms with Gasteiger partial charge in [0.25, 0.3) is 0 Å². The Kier molecular flexibility index (Phi) is 5.27. The standard InChI is InChI=1S/C9H13N3O5S2/c10-19(16,17)5-1-3-11-9(15)12-7-6(8(13)14)2-4-18-7/h2,4H,1,3,5H2,(H,13,14)(H2,10,16,17)(H2,11,12,15). The molecule has 1 aromatic heterocycles. The van der Waals surface area contributed by atoms with Gasteiger partial charge in [0.1, 0.15) is 5.00 Å². The summed E-state index contributed by atoms with van der Waals surface area (Å²) < 4.78 is 21.3. The smallest absolute Gasteiger partial charge is 0.338 e. The van der Waals surface area contributed by atoms with Gasteiger partial charge in [-0.1, -0.05) is 0 Å². The molecule has 10 heteroatoms. The van der Waals surface area contributed by atoms with Gasteiger partial charge in [0, 0.05) is 6.54 Å². The minimum absolute atomic E-state index is 0.00434. The molecule has 0 aliphatic heterocycles. The molecule has 0 saturated carbocycles. The Balaban J connectivity index is 2.39. The highest BCUT2D eigenvalue weighted by Crippen LogP contribution is 2.22. The van der Waals surface area contributed by atoms with Crippen molar-refractivity contribution < 1.29 is 23.1 Å². The third-order valence-electron chi connectivity index (χ3n) is 2.01. The van der Waals surface area contributed by atoms with E-state index in [4.69, 9.17) is 10.2 Å². The van der Waals surface area contributed by atoms with Gasteiger partial charge < -0.3 is 10.4 Å². The maximum absolute atomic E-state index is 11.4. The molecule has 106 valence electrons. The van der Waals surface area contributed by atoms with E-state index in [0.717, 1.165) is 11.3 Å². The predicted octanol–water partition coefficient (Wildman–Crippen LogP) is 0.246. The number of amides is 2. The zero-order valence-electron chi connectivity index (χ0n) is 9.75. The lowest BCUT2D eigenvalue weighted by Crippen LogP contribution is -2.31. The van der Waals surface area contributed by atoms with Crippen LogP contribution in [0, 0.1) is 0 Å². The first-order chi connectivity index (χ1) is 8.79. The first-order valence-electron chi connectivity index (χ1n) is 5.15. The second-order valence-electron chi connectivity index (χ2n) is 3.57. The van der Waals surface area contributed by atoms with E-state index in [0.29, 0.717) is 0 Å². The SMILES string of the molecule is NS(=O)(=O)CCCNC(=O)Nc1sccc1C(=O)O. The Morgan fingerprint density at radius 3 is 2.68 bits per heavy atom. The fraction of sp³-hybridized carbons (Fsp3) is 0.333. The second kappa shape index (κ2) is 6.50. The largest absolute Gasteiger partial charge is 0.478 e. The molecule has 0 aliphatic rings. The molecule has 1 heterocycles. The zero-order valence-corrected chi connectivity index (χ0v) is 11.4. The first kappa shape index (κ1) is 15.4. The van der Waals surface area contributed by atoms with Crippen LogP contribution in [0.15, 0.2) is 11.4 Å². The number of primary sulfonamides is 1. The fourth-order valence-electron chi connectivity index (χ4n) is 1.20. The zero-order chi connectivity index (χ0) is 14.5. The number of carboxylic acid groups (broad SMARTS) is 1. The Morgan fingerprint density at radius 1 is 1.42 bits per heavy atom. The summed E-state index contributed by atoms with van der Waals surface area (Å²) in [5, 5.41) is 20.2. The van der Waals surface area contributed by atoms with Crippen LogP contribution in [0.3, 0.4) is 0 Å². The number of hydrogen-bond donors (Lipinski definition) is 4. The summed E-state index contributed by atoms with van der Waals surface area (Å²) in [5.41, 5.74) is 0.00434. The van der Waals surface area contributed by atoms with Gasteiger partial charge in [-0.15, -0.1) is 11.3 Å². The second-order valence-corrected chi connectivity index (χ2v) is 6.22. The van der Waals surface area contributed by atoms with Crippen LogP contribution in [0.4, 0.5) is 9.80 Å². The van der Waals surface area contributed by atoms with Crippen LogP contribution in [-0.4, -0.2) is 37.8 Å². The van der Waals surface area contributed by atoms with Crippen LogP contribution in [0.5, 0.6) is 0 Å². The molecule has 2 amide bonds. The highest BCUT2D eigenvalue weighted by atomic mass is 32.2. The lowest BCUT2D eigenvalue weighted by atomic mass is 10.3. The monoisotopic (exact) mass is 307 g/mol. The summed E-state index contributed by atoms with van der Waals surface area (Å²) in [5.74, 6) is -1.36. The Hall–Kier alpha value is -1.65. The lowest BCUT2D eigenvalue weighted by molar-refractivity contribution is 0.0698. The van der Waals surface area contributed by atoms with E-state index < -0.39 is 22.0 Å². The number of nitrogens with one attached hydrogen (secondary N) is 2. The van der Waals surface area contributed by atoms with Crippen LogP contribution < -0.4 is 15.8 Å². The van der Waals surface area contributed by atoms with Crippen LogP contribution in [0.2, 0.25) is 0 Å². The highest BCUT2D eigenvalue weighted by molar-refractivity contribution is 7.89. The average molecular weight is 307 g/mol. The summed E-state index contributed by atoms with van der Waals surface area (Å²) in [4.78, 5) is 22.2. The van der Waals surface area contributed by atoms with Crippen molar-refractivity contribution in [1.29, 1.82) is 0 Å². The van der Waals surface area contributed by atoms with E-state index in [1.54, 1.807) is 5.38 Å². The van der Waals surface area contributed by atoms with Gasteiger partial charge in [0.15, 0.2) is 0 Å². The van der Waals surface area contributed by atoms with Crippen molar-refractivity contribution in [2.24, 2.45) is 5.14 Å². The number of carboxylic acids is 1. The van der Waals surface area contributed by atoms with Gasteiger partial charge in [0.2, 0.25) is 10.0 Å². The van der Waals surface area contributed by atoms with Crippen molar-refractivity contribution in [2.75, 3.05) is 17.6 Å². The van der Waals surface area contributed by atoms with Crippen LogP contribution >= 0.6 is 11.3 Å².